The number of hydrogen-bond donors (Lipinski definition) is 2. The Morgan fingerprint density at radius 1 is 1.53 bits per heavy atom. The Bertz CT molecular complexity index is 442. The first-order chi connectivity index (χ1) is 8.91. The van der Waals surface area contributed by atoms with Crippen LogP contribution in [0.2, 0.25) is 5.02 Å². The Hall–Kier alpha value is -1.10. The van der Waals surface area contributed by atoms with Crippen LogP contribution in [0.3, 0.4) is 0 Å². The summed E-state index contributed by atoms with van der Waals surface area (Å²) in [5.74, 6) is -0.192. The van der Waals surface area contributed by atoms with Crippen molar-refractivity contribution in [1.29, 1.82) is 0 Å². The molecule has 0 spiro atoms. The predicted octanol–water partition coefficient (Wildman–Crippen LogP) is 2.17. The van der Waals surface area contributed by atoms with Crippen LogP contribution in [-0.4, -0.2) is 36.9 Å². The molecule has 4 nitrogen and oxygen atoms in total. The minimum atomic E-state index is -0.591. The van der Waals surface area contributed by atoms with Crippen LogP contribution in [0, 0.1) is 6.92 Å². The maximum Gasteiger partial charge on any atom is 0.252 e. The molecule has 0 unspecified atom stereocenters. The highest BCUT2D eigenvalue weighted by Crippen LogP contribution is 2.17. The molecule has 0 saturated heterocycles. The van der Waals surface area contributed by atoms with Crippen LogP contribution < -0.4 is 5.32 Å². The average molecular weight is 286 g/mol. The summed E-state index contributed by atoms with van der Waals surface area (Å²) in [6, 6.07) is 5.12. The van der Waals surface area contributed by atoms with Crippen LogP contribution in [0.1, 0.15) is 29.3 Å². The SMILES string of the molecule is COC[C@](C)(CCO)NC(=O)c1ccc(Cl)cc1C. The van der Waals surface area contributed by atoms with Gasteiger partial charge in [-0.2, -0.15) is 0 Å². The Kier molecular flexibility index (Phi) is 5.79. The molecule has 0 aliphatic rings. The van der Waals surface area contributed by atoms with Gasteiger partial charge in [-0.05, 0) is 44.0 Å². The van der Waals surface area contributed by atoms with E-state index in [9.17, 15) is 4.79 Å². The van der Waals surface area contributed by atoms with Crippen molar-refractivity contribution in [2.24, 2.45) is 0 Å². The number of halogens is 1. The van der Waals surface area contributed by atoms with Gasteiger partial charge in [0.25, 0.3) is 5.91 Å². The standard InChI is InChI=1S/C14H20ClNO3/c1-10-8-11(15)4-5-12(10)13(18)16-14(2,6-7-17)9-19-3/h4-5,8,17H,6-7,9H2,1-3H3,(H,16,18)/t14-/m0/s1. The van der Waals surface area contributed by atoms with Gasteiger partial charge in [0, 0.05) is 24.3 Å². The fraction of sp³-hybridized carbons (Fsp3) is 0.500. The maximum atomic E-state index is 12.3. The maximum absolute atomic E-state index is 12.3. The molecule has 1 rings (SSSR count). The van der Waals surface area contributed by atoms with Crippen molar-refractivity contribution in [2.75, 3.05) is 20.3 Å². The molecule has 1 amide bonds. The number of aryl methyl sites for hydroxylation is 1. The molecule has 1 aromatic carbocycles. The summed E-state index contributed by atoms with van der Waals surface area (Å²) in [5.41, 5.74) is 0.797. The number of ether oxygens (including phenoxy) is 1. The molecule has 0 aromatic heterocycles. The normalized spacial score (nSPS) is 13.9. The van der Waals surface area contributed by atoms with E-state index in [1.54, 1.807) is 25.3 Å². The summed E-state index contributed by atoms with van der Waals surface area (Å²) >= 11 is 5.87. The summed E-state index contributed by atoms with van der Waals surface area (Å²) < 4.78 is 5.10. The van der Waals surface area contributed by atoms with Crippen molar-refractivity contribution >= 4 is 17.5 Å². The first-order valence-electron chi connectivity index (χ1n) is 6.10. The van der Waals surface area contributed by atoms with Gasteiger partial charge in [-0.1, -0.05) is 11.6 Å². The van der Waals surface area contributed by atoms with Gasteiger partial charge >= 0.3 is 0 Å². The lowest BCUT2D eigenvalue weighted by atomic mass is 9.98. The number of rotatable bonds is 6. The molecule has 0 bridgehead atoms. The van der Waals surface area contributed by atoms with Crippen LogP contribution in [0.4, 0.5) is 0 Å². The molecule has 2 N–H and O–H groups in total. The Labute approximate surface area is 118 Å². The predicted molar refractivity (Wildman–Crippen MR) is 75.6 cm³/mol. The molecule has 1 aromatic rings. The Balaban J connectivity index is 2.87. The van der Waals surface area contributed by atoms with Gasteiger partial charge in [0.1, 0.15) is 0 Å². The summed E-state index contributed by atoms with van der Waals surface area (Å²) in [7, 11) is 1.56. The summed E-state index contributed by atoms with van der Waals surface area (Å²) in [6.07, 6.45) is 0.430. The minimum absolute atomic E-state index is 0.0141. The molecule has 5 heteroatoms. The second kappa shape index (κ2) is 6.89. The van der Waals surface area contributed by atoms with E-state index < -0.39 is 5.54 Å². The van der Waals surface area contributed by atoms with Crippen LogP contribution in [-0.2, 0) is 4.74 Å². The topological polar surface area (TPSA) is 58.6 Å². The molecule has 0 radical (unpaired) electrons. The quantitative estimate of drug-likeness (QED) is 0.842. The van der Waals surface area contributed by atoms with E-state index in [0.29, 0.717) is 23.6 Å². The molecule has 19 heavy (non-hydrogen) atoms. The number of methoxy groups -OCH3 is 1. The van der Waals surface area contributed by atoms with Crippen molar-refractivity contribution < 1.29 is 14.6 Å². The second-order valence-electron chi connectivity index (χ2n) is 4.88. The third-order valence-electron chi connectivity index (χ3n) is 2.97. The number of carbonyl (C=O) groups is 1. The van der Waals surface area contributed by atoms with Crippen LogP contribution in [0.25, 0.3) is 0 Å². The van der Waals surface area contributed by atoms with Gasteiger partial charge in [-0.25, -0.2) is 0 Å². The lowest BCUT2D eigenvalue weighted by Gasteiger charge is -2.29. The average Bonchev–Trinajstić information content (AvgIpc) is 2.28. The van der Waals surface area contributed by atoms with E-state index in [0.717, 1.165) is 5.56 Å². The van der Waals surface area contributed by atoms with Gasteiger partial charge in [0.05, 0.1) is 12.1 Å². The molecule has 0 aliphatic heterocycles. The smallest absolute Gasteiger partial charge is 0.252 e. The van der Waals surface area contributed by atoms with Crippen molar-refractivity contribution in [3.05, 3.63) is 34.3 Å². The number of aliphatic hydroxyl groups is 1. The fourth-order valence-electron chi connectivity index (χ4n) is 1.96. The Morgan fingerprint density at radius 3 is 2.74 bits per heavy atom. The molecular formula is C14H20ClNO3. The highest BCUT2D eigenvalue weighted by Gasteiger charge is 2.26. The summed E-state index contributed by atoms with van der Waals surface area (Å²) in [6.45, 7) is 4.00. The number of nitrogens with one attached hydrogen (secondary N) is 1. The summed E-state index contributed by atoms with van der Waals surface area (Å²) in [5, 5.41) is 12.6. The first-order valence-corrected chi connectivity index (χ1v) is 6.48. The van der Waals surface area contributed by atoms with E-state index in [4.69, 9.17) is 21.4 Å². The first kappa shape index (κ1) is 16.0. The number of benzene rings is 1. The van der Waals surface area contributed by atoms with Crippen LogP contribution in [0.15, 0.2) is 18.2 Å². The fourth-order valence-corrected chi connectivity index (χ4v) is 2.19. The molecule has 1 atom stereocenters. The van der Waals surface area contributed by atoms with Crippen molar-refractivity contribution in [3.8, 4) is 0 Å². The van der Waals surface area contributed by atoms with Crippen molar-refractivity contribution in [2.45, 2.75) is 25.8 Å². The molecule has 0 aliphatic carbocycles. The lowest BCUT2D eigenvalue weighted by molar-refractivity contribution is 0.0725. The van der Waals surface area contributed by atoms with Crippen molar-refractivity contribution in [3.63, 3.8) is 0 Å². The van der Waals surface area contributed by atoms with Gasteiger partial charge in [0.15, 0.2) is 0 Å². The third kappa shape index (κ3) is 4.49. The molecule has 106 valence electrons. The molecular weight excluding hydrogens is 266 g/mol. The number of amides is 1. The largest absolute Gasteiger partial charge is 0.396 e. The highest BCUT2D eigenvalue weighted by atomic mass is 35.5. The third-order valence-corrected chi connectivity index (χ3v) is 3.21. The summed E-state index contributed by atoms with van der Waals surface area (Å²) in [4.78, 5) is 12.3. The zero-order chi connectivity index (χ0) is 14.5. The highest BCUT2D eigenvalue weighted by molar-refractivity contribution is 6.30. The van der Waals surface area contributed by atoms with Gasteiger partial charge in [-0.3, -0.25) is 4.79 Å². The Morgan fingerprint density at radius 2 is 2.21 bits per heavy atom. The molecule has 0 fully saturated rings. The van der Waals surface area contributed by atoms with E-state index in [-0.39, 0.29) is 12.5 Å². The van der Waals surface area contributed by atoms with Gasteiger partial charge < -0.3 is 15.2 Å². The zero-order valence-corrected chi connectivity index (χ0v) is 12.3. The van der Waals surface area contributed by atoms with E-state index >= 15 is 0 Å². The lowest BCUT2D eigenvalue weighted by Crippen LogP contribution is -2.50. The molecule has 0 saturated carbocycles. The van der Waals surface area contributed by atoms with Gasteiger partial charge in [-0.15, -0.1) is 0 Å². The zero-order valence-electron chi connectivity index (χ0n) is 11.5. The van der Waals surface area contributed by atoms with Crippen molar-refractivity contribution in [1.82, 2.24) is 5.32 Å². The number of aliphatic hydroxyl groups excluding tert-OH is 1. The minimum Gasteiger partial charge on any atom is -0.396 e. The van der Waals surface area contributed by atoms with E-state index in [1.165, 1.54) is 0 Å². The molecule has 0 heterocycles. The number of hydrogen-bond acceptors (Lipinski definition) is 3. The number of carbonyl (C=O) groups excluding carboxylic acids is 1. The van der Waals surface area contributed by atoms with E-state index in [2.05, 4.69) is 5.32 Å². The second-order valence-corrected chi connectivity index (χ2v) is 5.32. The van der Waals surface area contributed by atoms with Crippen LogP contribution >= 0.6 is 11.6 Å². The van der Waals surface area contributed by atoms with E-state index in [1.807, 2.05) is 13.8 Å². The monoisotopic (exact) mass is 285 g/mol. The van der Waals surface area contributed by atoms with Crippen LogP contribution in [0.5, 0.6) is 0 Å². The van der Waals surface area contributed by atoms with Gasteiger partial charge in [0.2, 0.25) is 0 Å².